The number of aromatic nitrogens is 5. The van der Waals surface area contributed by atoms with E-state index in [0.717, 1.165) is 61.2 Å². The first-order valence-electron chi connectivity index (χ1n) is 12.3. The Kier molecular flexibility index (Phi) is 5.59. The maximum Gasteiger partial charge on any atom is 0.219 e. The number of nitrogen functional groups attached to an aromatic ring is 1. The Bertz CT molecular complexity index is 1120. The molecule has 3 aromatic rings. The lowest BCUT2D eigenvalue weighted by Gasteiger charge is -2.32. The van der Waals surface area contributed by atoms with Gasteiger partial charge < -0.3 is 15.4 Å². The highest BCUT2D eigenvalue weighted by atomic mass is 16.5. The summed E-state index contributed by atoms with van der Waals surface area (Å²) in [6.07, 6.45) is 13.5. The highest BCUT2D eigenvalue weighted by Crippen LogP contribution is 2.31. The van der Waals surface area contributed by atoms with Crippen molar-refractivity contribution in [1.29, 1.82) is 0 Å². The van der Waals surface area contributed by atoms with E-state index in [1.807, 2.05) is 0 Å². The Labute approximate surface area is 194 Å². The normalized spacial score (nSPS) is 20.3. The third-order valence-electron chi connectivity index (χ3n) is 7.33. The molecular weight excluding hydrogens is 416 g/mol. The molecule has 2 aliphatic heterocycles. The summed E-state index contributed by atoms with van der Waals surface area (Å²) in [6.45, 7) is 6.28. The van der Waals surface area contributed by atoms with Crippen LogP contribution in [0.5, 0.6) is 0 Å². The summed E-state index contributed by atoms with van der Waals surface area (Å²) in [4.78, 5) is 23.4. The third-order valence-corrected chi connectivity index (χ3v) is 7.33. The first-order chi connectivity index (χ1) is 16.2. The Morgan fingerprint density at radius 2 is 1.79 bits per heavy atom. The van der Waals surface area contributed by atoms with Crippen molar-refractivity contribution in [2.24, 2.45) is 5.92 Å². The van der Waals surface area contributed by atoms with Gasteiger partial charge in [0.15, 0.2) is 11.5 Å². The number of morpholine rings is 1. The molecule has 1 saturated carbocycles. The molecule has 1 saturated heterocycles. The molecule has 9 heteroatoms. The lowest BCUT2D eigenvalue weighted by molar-refractivity contribution is 0.122. The molecule has 0 radical (unpaired) electrons. The highest BCUT2D eigenvalue weighted by Gasteiger charge is 2.27. The number of nitrogens with two attached hydrogens (primary N) is 1. The minimum atomic E-state index is 0.270. The molecule has 2 fully saturated rings. The second-order valence-corrected chi connectivity index (χ2v) is 9.57. The van der Waals surface area contributed by atoms with Crippen molar-refractivity contribution in [3.8, 4) is 11.3 Å². The number of hydrogen-bond acceptors (Lipinski definition) is 8. The SMILES string of the molecule is Nc1ncc(-c2cn3c4c(nc3c(N3CCOCC3)n2)CCN(CC2CCCCC2)C4)cn1. The van der Waals surface area contributed by atoms with E-state index in [0.29, 0.717) is 13.2 Å². The van der Waals surface area contributed by atoms with Crippen LogP contribution in [0.15, 0.2) is 18.6 Å². The smallest absolute Gasteiger partial charge is 0.219 e. The van der Waals surface area contributed by atoms with Gasteiger partial charge in [-0.2, -0.15) is 0 Å². The molecule has 2 N–H and O–H groups in total. The van der Waals surface area contributed by atoms with Crippen LogP contribution >= 0.6 is 0 Å². The van der Waals surface area contributed by atoms with Crippen molar-refractivity contribution in [3.63, 3.8) is 0 Å². The minimum Gasteiger partial charge on any atom is -0.378 e. The van der Waals surface area contributed by atoms with E-state index in [2.05, 4.69) is 30.4 Å². The topological polar surface area (TPSA) is 97.7 Å². The van der Waals surface area contributed by atoms with Crippen LogP contribution in [0.2, 0.25) is 0 Å². The van der Waals surface area contributed by atoms with Crippen molar-refractivity contribution in [3.05, 3.63) is 30.0 Å². The van der Waals surface area contributed by atoms with Crippen molar-refractivity contribution < 1.29 is 4.74 Å². The number of ether oxygens (including phenoxy) is 1. The quantitative estimate of drug-likeness (QED) is 0.650. The molecule has 0 bridgehead atoms. The van der Waals surface area contributed by atoms with E-state index < -0.39 is 0 Å². The van der Waals surface area contributed by atoms with Gasteiger partial charge in [0.25, 0.3) is 0 Å². The van der Waals surface area contributed by atoms with Gasteiger partial charge in [-0.15, -0.1) is 0 Å². The third kappa shape index (κ3) is 4.15. The molecule has 0 atom stereocenters. The average Bonchev–Trinajstić information content (AvgIpc) is 3.23. The minimum absolute atomic E-state index is 0.270. The molecule has 0 amide bonds. The van der Waals surface area contributed by atoms with Crippen molar-refractivity contribution in [2.45, 2.75) is 45.1 Å². The zero-order valence-electron chi connectivity index (χ0n) is 19.1. The Balaban J connectivity index is 1.39. The van der Waals surface area contributed by atoms with Crippen LogP contribution in [0.4, 0.5) is 11.8 Å². The molecule has 5 heterocycles. The summed E-state index contributed by atoms with van der Waals surface area (Å²) in [5, 5.41) is 0. The van der Waals surface area contributed by atoms with Crippen LogP contribution in [-0.4, -0.2) is 68.6 Å². The molecule has 33 heavy (non-hydrogen) atoms. The lowest BCUT2D eigenvalue weighted by Crippen LogP contribution is -2.37. The Morgan fingerprint density at radius 1 is 1.00 bits per heavy atom. The van der Waals surface area contributed by atoms with Crippen LogP contribution in [0.1, 0.15) is 43.5 Å². The van der Waals surface area contributed by atoms with Crippen LogP contribution in [0.25, 0.3) is 16.9 Å². The Morgan fingerprint density at radius 3 is 2.58 bits per heavy atom. The molecule has 6 rings (SSSR count). The van der Waals surface area contributed by atoms with Gasteiger partial charge in [-0.1, -0.05) is 19.3 Å². The zero-order chi connectivity index (χ0) is 22.2. The van der Waals surface area contributed by atoms with Gasteiger partial charge in [-0.25, -0.2) is 19.9 Å². The monoisotopic (exact) mass is 448 g/mol. The molecule has 0 aromatic carbocycles. The fourth-order valence-electron chi connectivity index (χ4n) is 5.54. The largest absolute Gasteiger partial charge is 0.378 e. The molecule has 174 valence electrons. The molecule has 9 nitrogen and oxygen atoms in total. The number of rotatable bonds is 4. The molecular formula is C24H32N8O. The van der Waals surface area contributed by atoms with Crippen molar-refractivity contribution in [1.82, 2.24) is 29.2 Å². The highest BCUT2D eigenvalue weighted by molar-refractivity contribution is 5.71. The van der Waals surface area contributed by atoms with E-state index >= 15 is 0 Å². The molecule has 3 aliphatic rings. The molecule has 3 aromatic heterocycles. The standard InChI is InChI=1S/C24H32N8O/c25-24-26-12-18(13-27-24)20-15-32-21-16-30(14-17-4-2-1-3-5-17)7-6-19(21)28-23(32)22(29-20)31-8-10-33-11-9-31/h12-13,15,17H,1-11,14,16H2,(H2,25,26,27). The van der Waals surface area contributed by atoms with Gasteiger partial charge in [-0.3, -0.25) is 9.30 Å². The predicted octanol–water partition coefficient (Wildman–Crippen LogP) is 2.54. The number of fused-ring (bicyclic) bond motifs is 3. The van der Waals surface area contributed by atoms with E-state index in [1.165, 1.54) is 50.0 Å². The lowest BCUT2D eigenvalue weighted by atomic mass is 9.88. The van der Waals surface area contributed by atoms with Gasteiger partial charge in [0.2, 0.25) is 5.95 Å². The number of hydrogen-bond donors (Lipinski definition) is 1. The zero-order valence-corrected chi connectivity index (χ0v) is 19.1. The van der Waals surface area contributed by atoms with E-state index in [4.69, 9.17) is 20.4 Å². The van der Waals surface area contributed by atoms with Crippen LogP contribution in [0.3, 0.4) is 0 Å². The Hall–Kier alpha value is -2.78. The average molecular weight is 449 g/mol. The summed E-state index contributed by atoms with van der Waals surface area (Å²) in [7, 11) is 0. The summed E-state index contributed by atoms with van der Waals surface area (Å²) < 4.78 is 7.86. The van der Waals surface area contributed by atoms with Gasteiger partial charge >= 0.3 is 0 Å². The summed E-state index contributed by atoms with van der Waals surface area (Å²) >= 11 is 0. The molecule has 0 spiro atoms. The summed E-state index contributed by atoms with van der Waals surface area (Å²) in [5.41, 5.74) is 10.9. The van der Waals surface area contributed by atoms with Gasteiger partial charge in [-0.05, 0) is 18.8 Å². The maximum atomic E-state index is 5.72. The molecule has 1 aliphatic carbocycles. The predicted molar refractivity (Wildman–Crippen MR) is 127 cm³/mol. The van der Waals surface area contributed by atoms with Crippen LogP contribution in [0, 0.1) is 5.92 Å². The van der Waals surface area contributed by atoms with Crippen LogP contribution in [-0.2, 0) is 17.7 Å². The van der Waals surface area contributed by atoms with Gasteiger partial charge in [0.05, 0.1) is 30.3 Å². The second kappa shape index (κ2) is 8.87. The number of imidazole rings is 1. The number of anilines is 2. The van der Waals surface area contributed by atoms with Gasteiger partial charge in [0.1, 0.15) is 0 Å². The molecule has 0 unspecified atom stereocenters. The maximum absolute atomic E-state index is 5.72. The second-order valence-electron chi connectivity index (χ2n) is 9.57. The summed E-state index contributed by atoms with van der Waals surface area (Å²) in [6, 6.07) is 0. The summed E-state index contributed by atoms with van der Waals surface area (Å²) in [5.74, 6) is 2.03. The van der Waals surface area contributed by atoms with Crippen molar-refractivity contribution >= 4 is 17.4 Å². The van der Waals surface area contributed by atoms with Gasteiger partial charge in [0, 0.05) is 63.3 Å². The van der Waals surface area contributed by atoms with Crippen molar-refractivity contribution in [2.75, 3.05) is 50.0 Å². The van der Waals surface area contributed by atoms with E-state index in [9.17, 15) is 0 Å². The first kappa shape index (κ1) is 20.8. The van der Waals surface area contributed by atoms with Crippen LogP contribution < -0.4 is 10.6 Å². The number of nitrogens with zero attached hydrogens (tertiary/aromatic N) is 7. The van der Waals surface area contributed by atoms with E-state index in [1.54, 1.807) is 12.4 Å². The fraction of sp³-hybridized carbons (Fsp3) is 0.583. The fourth-order valence-corrected chi connectivity index (χ4v) is 5.54. The van der Waals surface area contributed by atoms with E-state index in [-0.39, 0.29) is 5.95 Å². The first-order valence-corrected chi connectivity index (χ1v) is 12.3.